The third kappa shape index (κ3) is 3.73. The fourth-order valence-electron chi connectivity index (χ4n) is 3.09. The largest absolute Gasteiger partial charge is 0.369 e. The van der Waals surface area contributed by atoms with Gasteiger partial charge in [0, 0.05) is 28.8 Å². The number of nitrogens with two attached hydrogens (primary N) is 1. The quantitative estimate of drug-likeness (QED) is 0.883. The van der Waals surface area contributed by atoms with Gasteiger partial charge in [0.2, 0.25) is 0 Å². The standard InChI is InChI=1S/C16H25BrN2/c1-3-19(14-6-4-5-7-14)15-9-8-13(10-12(2)18)16(17)11-15/h8-9,11-12,14H,3-7,10,18H2,1-2H3. The number of benzene rings is 1. The molecule has 0 heterocycles. The van der Waals surface area contributed by atoms with E-state index < -0.39 is 0 Å². The highest BCUT2D eigenvalue weighted by atomic mass is 79.9. The van der Waals surface area contributed by atoms with Crippen LogP contribution >= 0.6 is 15.9 Å². The molecule has 0 aromatic heterocycles. The molecule has 0 amide bonds. The molecule has 3 heteroatoms. The Balaban J connectivity index is 2.17. The lowest BCUT2D eigenvalue weighted by molar-refractivity contribution is 0.619. The number of rotatable bonds is 5. The van der Waals surface area contributed by atoms with Crippen molar-refractivity contribution in [2.45, 2.75) is 58.0 Å². The normalized spacial score (nSPS) is 17.7. The molecule has 2 N–H and O–H groups in total. The molecule has 0 aliphatic heterocycles. The van der Waals surface area contributed by atoms with E-state index in [1.165, 1.54) is 41.4 Å². The monoisotopic (exact) mass is 324 g/mol. The van der Waals surface area contributed by atoms with Crippen LogP contribution in [-0.4, -0.2) is 18.6 Å². The summed E-state index contributed by atoms with van der Waals surface area (Å²) >= 11 is 3.70. The zero-order valence-corrected chi connectivity index (χ0v) is 13.6. The molecule has 19 heavy (non-hydrogen) atoms. The Labute approximate surface area is 125 Å². The molecule has 0 radical (unpaired) electrons. The van der Waals surface area contributed by atoms with Crippen LogP contribution in [0.25, 0.3) is 0 Å². The van der Waals surface area contributed by atoms with Crippen LogP contribution in [0.4, 0.5) is 5.69 Å². The number of halogens is 1. The Morgan fingerprint density at radius 2 is 2.05 bits per heavy atom. The summed E-state index contributed by atoms with van der Waals surface area (Å²) in [6, 6.07) is 7.68. The summed E-state index contributed by atoms with van der Waals surface area (Å²) in [7, 11) is 0. The summed E-state index contributed by atoms with van der Waals surface area (Å²) in [5.74, 6) is 0. The minimum absolute atomic E-state index is 0.208. The van der Waals surface area contributed by atoms with Gasteiger partial charge in [0.05, 0.1) is 0 Å². The van der Waals surface area contributed by atoms with Crippen molar-refractivity contribution in [2.24, 2.45) is 5.73 Å². The predicted octanol–water partition coefficient (Wildman–Crippen LogP) is 4.11. The summed E-state index contributed by atoms with van der Waals surface area (Å²) in [5, 5.41) is 0. The van der Waals surface area contributed by atoms with Crippen molar-refractivity contribution >= 4 is 21.6 Å². The lowest BCUT2D eigenvalue weighted by atomic mass is 10.1. The highest BCUT2D eigenvalue weighted by Gasteiger charge is 2.22. The first-order chi connectivity index (χ1) is 9.11. The summed E-state index contributed by atoms with van der Waals surface area (Å²) in [5.41, 5.74) is 8.53. The van der Waals surface area contributed by atoms with Gasteiger partial charge in [-0.3, -0.25) is 0 Å². The van der Waals surface area contributed by atoms with Gasteiger partial charge >= 0.3 is 0 Å². The average molecular weight is 325 g/mol. The maximum Gasteiger partial charge on any atom is 0.0380 e. The Morgan fingerprint density at radius 3 is 2.58 bits per heavy atom. The Hall–Kier alpha value is -0.540. The molecule has 2 rings (SSSR count). The van der Waals surface area contributed by atoms with Crippen LogP contribution in [0.15, 0.2) is 22.7 Å². The van der Waals surface area contributed by atoms with E-state index in [0.29, 0.717) is 0 Å². The maximum absolute atomic E-state index is 5.89. The van der Waals surface area contributed by atoms with Crippen LogP contribution < -0.4 is 10.6 Å². The fourth-order valence-corrected chi connectivity index (χ4v) is 3.62. The minimum atomic E-state index is 0.208. The topological polar surface area (TPSA) is 29.3 Å². The molecule has 1 fully saturated rings. The Morgan fingerprint density at radius 1 is 1.37 bits per heavy atom. The molecule has 0 saturated heterocycles. The van der Waals surface area contributed by atoms with Crippen molar-refractivity contribution in [1.29, 1.82) is 0 Å². The van der Waals surface area contributed by atoms with Crippen LogP contribution in [-0.2, 0) is 6.42 Å². The average Bonchev–Trinajstić information content (AvgIpc) is 2.87. The van der Waals surface area contributed by atoms with Crippen molar-refractivity contribution in [3.05, 3.63) is 28.2 Å². The number of hydrogen-bond acceptors (Lipinski definition) is 2. The second-order valence-corrected chi connectivity index (χ2v) is 6.54. The molecule has 1 aromatic rings. The van der Waals surface area contributed by atoms with Crippen molar-refractivity contribution in [3.63, 3.8) is 0 Å². The fraction of sp³-hybridized carbons (Fsp3) is 0.625. The Kier molecular flexibility index (Phi) is 5.28. The highest BCUT2D eigenvalue weighted by Crippen LogP contribution is 2.31. The van der Waals surface area contributed by atoms with E-state index in [1.54, 1.807) is 0 Å². The molecule has 1 aliphatic carbocycles. The van der Waals surface area contributed by atoms with E-state index in [9.17, 15) is 0 Å². The van der Waals surface area contributed by atoms with Crippen molar-refractivity contribution < 1.29 is 0 Å². The van der Waals surface area contributed by atoms with Gasteiger partial charge in [-0.2, -0.15) is 0 Å². The number of nitrogens with zero attached hydrogens (tertiary/aromatic N) is 1. The molecule has 0 bridgehead atoms. The summed E-state index contributed by atoms with van der Waals surface area (Å²) in [6.45, 7) is 5.39. The van der Waals surface area contributed by atoms with E-state index in [4.69, 9.17) is 5.73 Å². The zero-order chi connectivity index (χ0) is 13.8. The van der Waals surface area contributed by atoms with E-state index in [1.807, 2.05) is 0 Å². The first-order valence-electron chi connectivity index (χ1n) is 7.42. The van der Waals surface area contributed by atoms with Gasteiger partial charge in [0.25, 0.3) is 0 Å². The number of anilines is 1. The molecule has 1 atom stereocenters. The molecule has 2 nitrogen and oxygen atoms in total. The van der Waals surface area contributed by atoms with Gasteiger partial charge in [-0.15, -0.1) is 0 Å². The van der Waals surface area contributed by atoms with E-state index in [0.717, 1.165) is 19.0 Å². The van der Waals surface area contributed by atoms with Gasteiger partial charge in [-0.1, -0.05) is 34.8 Å². The number of hydrogen-bond donors (Lipinski definition) is 1. The van der Waals surface area contributed by atoms with Gasteiger partial charge in [-0.05, 0) is 50.8 Å². The van der Waals surface area contributed by atoms with Crippen LogP contribution in [0, 0.1) is 0 Å². The molecule has 0 spiro atoms. The zero-order valence-electron chi connectivity index (χ0n) is 12.0. The summed E-state index contributed by atoms with van der Waals surface area (Å²) in [6.07, 6.45) is 6.37. The van der Waals surface area contributed by atoms with Gasteiger partial charge < -0.3 is 10.6 Å². The smallest absolute Gasteiger partial charge is 0.0380 e. The summed E-state index contributed by atoms with van der Waals surface area (Å²) < 4.78 is 1.19. The van der Waals surface area contributed by atoms with Crippen molar-refractivity contribution in [3.8, 4) is 0 Å². The van der Waals surface area contributed by atoms with Crippen molar-refractivity contribution in [1.82, 2.24) is 0 Å². The molecular formula is C16H25BrN2. The van der Waals surface area contributed by atoms with Gasteiger partial charge in [0.1, 0.15) is 0 Å². The second-order valence-electron chi connectivity index (χ2n) is 5.68. The molecule has 1 unspecified atom stereocenters. The molecule has 1 aromatic carbocycles. The molecule has 106 valence electrons. The predicted molar refractivity (Wildman–Crippen MR) is 86.8 cm³/mol. The third-order valence-electron chi connectivity index (χ3n) is 4.02. The van der Waals surface area contributed by atoms with E-state index >= 15 is 0 Å². The highest BCUT2D eigenvalue weighted by molar-refractivity contribution is 9.10. The van der Waals surface area contributed by atoms with E-state index in [-0.39, 0.29) is 6.04 Å². The molecule has 1 saturated carbocycles. The summed E-state index contributed by atoms with van der Waals surface area (Å²) in [4.78, 5) is 2.55. The first-order valence-corrected chi connectivity index (χ1v) is 8.21. The van der Waals surface area contributed by atoms with Crippen LogP contribution in [0.1, 0.15) is 45.1 Å². The maximum atomic E-state index is 5.89. The van der Waals surface area contributed by atoms with Crippen LogP contribution in [0.3, 0.4) is 0 Å². The van der Waals surface area contributed by atoms with E-state index in [2.05, 4.69) is 52.9 Å². The minimum Gasteiger partial charge on any atom is -0.369 e. The first kappa shape index (κ1) is 14.9. The molecule has 1 aliphatic rings. The lowest BCUT2D eigenvalue weighted by Crippen LogP contribution is -2.32. The SMILES string of the molecule is CCN(c1ccc(CC(C)N)c(Br)c1)C1CCCC1. The third-order valence-corrected chi connectivity index (χ3v) is 4.75. The lowest BCUT2D eigenvalue weighted by Gasteiger charge is -2.30. The second kappa shape index (κ2) is 6.76. The Bertz CT molecular complexity index is 411. The van der Waals surface area contributed by atoms with Crippen LogP contribution in [0.5, 0.6) is 0 Å². The molecular weight excluding hydrogens is 300 g/mol. The van der Waals surface area contributed by atoms with Gasteiger partial charge in [-0.25, -0.2) is 0 Å². The van der Waals surface area contributed by atoms with Gasteiger partial charge in [0.15, 0.2) is 0 Å². The van der Waals surface area contributed by atoms with Crippen molar-refractivity contribution in [2.75, 3.05) is 11.4 Å². The van der Waals surface area contributed by atoms with Crippen LogP contribution in [0.2, 0.25) is 0 Å².